The molecule has 1 unspecified atom stereocenters. The van der Waals surface area contributed by atoms with Crippen molar-refractivity contribution in [3.05, 3.63) is 0 Å². The van der Waals surface area contributed by atoms with Crippen LogP contribution in [0.2, 0.25) is 0 Å². The van der Waals surface area contributed by atoms with Gasteiger partial charge in [0, 0.05) is 0 Å². The Morgan fingerprint density at radius 1 is 1.55 bits per heavy atom. The number of hydrogen-bond donors (Lipinski definition) is 3. The monoisotopic (exact) mass is 204 g/mol. The van der Waals surface area contributed by atoms with Crippen LogP contribution >= 0.6 is 7.60 Å². The SMILES string of the molecule is O=C(CP(=O)(O)O)OS(=O)O. The summed E-state index contributed by atoms with van der Waals surface area (Å²) in [5, 5.41) is 0. The zero-order chi connectivity index (χ0) is 9.07. The van der Waals surface area contributed by atoms with Crippen molar-refractivity contribution >= 4 is 24.9 Å². The van der Waals surface area contributed by atoms with Crippen LogP contribution in [0.1, 0.15) is 0 Å². The van der Waals surface area contributed by atoms with Gasteiger partial charge in [0.15, 0.2) is 0 Å². The van der Waals surface area contributed by atoms with Crippen molar-refractivity contribution in [2.75, 3.05) is 6.16 Å². The minimum absolute atomic E-state index is 1.20. The lowest BCUT2D eigenvalue weighted by Gasteiger charge is -2.00. The van der Waals surface area contributed by atoms with Crippen LogP contribution in [0.4, 0.5) is 0 Å². The van der Waals surface area contributed by atoms with Crippen molar-refractivity contribution < 1.29 is 32.1 Å². The maximum atomic E-state index is 10.2. The highest BCUT2D eigenvalue weighted by atomic mass is 32.2. The minimum Gasteiger partial charge on any atom is -0.343 e. The standard InChI is InChI=1S/C2H5O7PS/c3-2(9-11(7)8)1-10(4,5)6/h1H2,(H,7,8)(H2,4,5,6). The lowest BCUT2D eigenvalue weighted by Crippen LogP contribution is -2.11. The fraction of sp³-hybridized carbons (Fsp3) is 0.500. The molecule has 0 saturated carbocycles. The maximum Gasteiger partial charge on any atom is 0.360 e. The van der Waals surface area contributed by atoms with Crippen molar-refractivity contribution in [2.24, 2.45) is 0 Å². The fourth-order valence-corrected chi connectivity index (χ4v) is 0.980. The molecule has 0 spiro atoms. The molecule has 1 atom stereocenters. The predicted octanol–water partition coefficient (Wildman–Crippen LogP) is -1.16. The highest BCUT2D eigenvalue weighted by Gasteiger charge is 2.21. The summed E-state index contributed by atoms with van der Waals surface area (Å²) in [7, 11) is -4.50. The molecule has 0 saturated heterocycles. The van der Waals surface area contributed by atoms with Gasteiger partial charge in [-0.15, -0.1) is 0 Å². The van der Waals surface area contributed by atoms with Gasteiger partial charge in [0.1, 0.15) is 6.16 Å². The van der Waals surface area contributed by atoms with Crippen molar-refractivity contribution in [3.63, 3.8) is 0 Å². The topological polar surface area (TPSA) is 121 Å². The molecule has 0 amide bonds. The second-order valence-electron chi connectivity index (χ2n) is 1.50. The van der Waals surface area contributed by atoms with Crippen molar-refractivity contribution in [1.29, 1.82) is 0 Å². The minimum atomic E-state index is -4.50. The highest BCUT2D eigenvalue weighted by Crippen LogP contribution is 2.33. The second kappa shape index (κ2) is 3.93. The molecular formula is C2H5O7PS. The summed E-state index contributed by atoms with van der Waals surface area (Å²) in [6.45, 7) is 0. The zero-order valence-electron chi connectivity index (χ0n) is 5.04. The van der Waals surface area contributed by atoms with E-state index < -0.39 is 31.1 Å². The smallest absolute Gasteiger partial charge is 0.343 e. The van der Waals surface area contributed by atoms with Gasteiger partial charge in [-0.3, -0.25) is 13.9 Å². The van der Waals surface area contributed by atoms with E-state index >= 15 is 0 Å². The van der Waals surface area contributed by atoms with Crippen LogP contribution in [0.25, 0.3) is 0 Å². The normalized spacial score (nSPS) is 14.1. The quantitative estimate of drug-likeness (QED) is 0.391. The van der Waals surface area contributed by atoms with Gasteiger partial charge in [-0.05, 0) is 0 Å². The van der Waals surface area contributed by atoms with E-state index in [0.717, 1.165) is 0 Å². The first kappa shape index (κ1) is 10.7. The molecule has 0 fully saturated rings. The second-order valence-corrected chi connectivity index (χ2v) is 3.74. The Balaban J connectivity index is 3.90. The van der Waals surface area contributed by atoms with Crippen molar-refractivity contribution in [1.82, 2.24) is 0 Å². The average molecular weight is 204 g/mol. The van der Waals surface area contributed by atoms with E-state index in [1.54, 1.807) is 0 Å². The van der Waals surface area contributed by atoms with E-state index in [1.165, 1.54) is 0 Å². The Labute approximate surface area is 64.0 Å². The molecule has 0 aliphatic carbocycles. The predicted molar refractivity (Wildman–Crippen MR) is 33.8 cm³/mol. The van der Waals surface area contributed by atoms with E-state index in [0.29, 0.717) is 0 Å². The van der Waals surface area contributed by atoms with E-state index in [9.17, 15) is 13.6 Å². The van der Waals surface area contributed by atoms with Gasteiger partial charge in [-0.2, -0.15) is 4.21 Å². The number of carbonyl (C=O) groups excluding carboxylic acids is 1. The van der Waals surface area contributed by atoms with Gasteiger partial charge < -0.3 is 14.0 Å². The third-order valence-corrected chi connectivity index (χ3v) is 1.50. The van der Waals surface area contributed by atoms with Crippen LogP contribution in [0.5, 0.6) is 0 Å². The molecule has 0 bridgehead atoms. The lowest BCUT2D eigenvalue weighted by molar-refractivity contribution is -0.131. The summed E-state index contributed by atoms with van der Waals surface area (Å²) < 4.78 is 31.2. The molecule has 9 heteroatoms. The van der Waals surface area contributed by atoms with Crippen LogP contribution in [0, 0.1) is 0 Å². The van der Waals surface area contributed by atoms with Gasteiger partial charge >= 0.3 is 24.9 Å². The molecule has 0 aromatic heterocycles. The Bertz CT molecular complexity index is 216. The molecule has 0 aliphatic rings. The molecule has 3 N–H and O–H groups in total. The average Bonchev–Trinajstić information content (AvgIpc) is 1.53. The van der Waals surface area contributed by atoms with E-state index in [2.05, 4.69) is 4.18 Å². The highest BCUT2D eigenvalue weighted by molar-refractivity contribution is 7.74. The van der Waals surface area contributed by atoms with E-state index in [-0.39, 0.29) is 0 Å². The molecule has 0 aliphatic heterocycles. The summed E-state index contributed by atoms with van der Waals surface area (Å²) in [6.07, 6.45) is -1.20. The summed E-state index contributed by atoms with van der Waals surface area (Å²) in [5.41, 5.74) is 0. The Hall–Kier alpha value is -0.270. The summed E-state index contributed by atoms with van der Waals surface area (Å²) in [4.78, 5) is 26.5. The number of rotatable bonds is 3. The molecule has 0 heterocycles. The number of hydrogen-bond acceptors (Lipinski definition) is 4. The van der Waals surface area contributed by atoms with Crippen LogP contribution in [0.15, 0.2) is 0 Å². The van der Waals surface area contributed by atoms with Crippen LogP contribution in [-0.4, -0.2) is 30.7 Å². The largest absolute Gasteiger partial charge is 0.360 e. The number of carbonyl (C=O) groups is 1. The molecule has 7 nitrogen and oxygen atoms in total. The molecule has 0 rings (SSSR count). The van der Waals surface area contributed by atoms with Gasteiger partial charge in [0.25, 0.3) is 0 Å². The first-order chi connectivity index (χ1) is 4.81. The molecule has 11 heavy (non-hydrogen) atoms. The van der Waals surface area contributed by atoms with Gasteiger partial charge in [0.2, 0.25) is 0 Å². The molecule has 0 aromatic rings. The maximum absolute atomic E-state index is 10.2. The fourth-order valence-electron chi connectivity index (χ4n) is 0.274. The molecular weight excluding hydrogens is 199 g/mol. The van der Waals surface area contributed by atoms with Crippen LogP contribution in [-0.2, 0) is 24.9 Å². The Morgan fingerprint density at radius 3 is 2.27 bits per heavy atom. The lowest BCUT2D eigenvalue weighted by atomic mass is 10.8. The molecule has 0 aromatic carbocycles. The van der Waals surface area contributed by atoms with Crippen molar-refractivity contribution in [3.8, 4) is 0 Å². The van der Waals surface area contributed by atoms with Crippen molar-refractivity contribution in [2.45, 2.75) is 0 Å². The Kier molecular flexibility index (Phi) is 3.84. The Morgan fingerprint density at radius 2 is 2.00 bits per heavy atom. The third-order valence-electron chi connectivity index (χ3n) is 0.499. The summed E-state index contributed by atoms with van der Waals surface area (Å²) in [5.74, 6) is -1.42. The van der Waals surface area contributed by atoms with Gasteiger partial charge in [-0.1, -0.05) is 0 Å². The van der Waals surface area contributed by atoms with Crippen LogP contribution in [0.3, 0.4) is 0 Å². The first-order valence-corrected chi connectivity index (χ1v) is 5.01. The molecule has 0 radical (unpaired) electrons. The van der Waals surface area contributed by atoms with Crippen LogP contribution < -0.4 is 0 Å². The van der Waals surface area contributed by atoms with Gasteiger partial charge in [0.05, 0.1) is 0 Å². The molecule has 66 valence electrons. The van der Waals surface area contributed by atoms with E-state index in [4.69, 9.17) is 14.3 Å². The summed E-state index contributed by atoms with van der Waals surface area (Å²) >= 11 is -2.82. The first-order valence-electron chi connectivity index (χ1n) is 2.18. The third kappa shape index (κ3) is 7.63. The zero-order valence-corrected chi connectivity index (χ0v) is 6.75. The van der Waals surface area contributed by atoms with Gasteiger partial charge in [-0.25, -0.2) is 0 Å². The summed E-state index contributed by atoms with van der Waals surface area (Å²) in [6, 6.07) is 0. The van der Waals surface area contributed by atoms with E-state index in [1.807, 2.05) is 0 Å².